The van der Waals surface area contributed by atoms with Crippen LogP contribution in [0, 0.1) is 20.8 Å². The van der Waals surface area contributed by atoms with Crippen LogP contribution in [-0.4, -0.2) is 30.1 Å². The van der Waals surface area contributed by atoms with Gasteiger partial charge in [0.2, 0.25) is 0 Å². The van der Waals surface area contributed by atoms with Crippen LogP contribution in [0.5, 0.6) is 0 Å². The third kappa shape index (κ3) is 3.79. The second-order valence-electron chi connectivity index (χ2n) is 8.44. The lowest BCUT2D eigenvalue weighted by Crippen LogP contribution is -2.34. The number of fused-ring (bicyclic) bond motifs is 1. The van der Waals surface area contributed by atoms with Crippen molar-refractivity contribution in [1.82, 2.24) is 9.97 Å². The Kier molecular flexibility index (Phi) is 5.76. The average molecular weight is 401 g/mol. The fourth-order valence-corrected chi connectivity index (χ4v) is 4.56. The second kappa shape index (κ2) is 8.47. The second-order valence-corrected chi connectivity index (χ2v) is 8.44. The number of anilines is 2. The summed E-state index contributed by atoms with van der Waals surface area (Å²) < 4.78 is 0. The molecule has 2 heterocycles. The fraction of sp³-hybridized carbons (Fsp3) is 0.385. The lowest BCUT2D eigenvalue weighted by Gasteiger charge is -2.34. The number of aryl methyl sites for hydroxylation is 3. The molecule has 156 valence electrons. The maximum Gasteiger partial charge on any atom is 0.162 e. The molecule has 1 aliphatic heterocycles. The maximum atomic E-state index is 5.14. The third-order valence-electron chi connectivity index (χ3n) is 6.12. The number of para-hydroxylation sites is 1. The highest BCUT2D eigenvalue weighted by molar-refractivity contribution is 5.68. The molecular weight excluding hydrogens is 368 g/mol. The van der Waals surface area contributed by atoms with Crippen LogP contribution < -0.4 is 9.80 Å². The average Bonchev–Trinajstić information content (AvgIpc) is 2.73. The van der Waals surface area contributed by atoms with E-state index in [0.717, 1.165) is 44.1 Å². The molecule has 4 heteroatoms. The maximum absolute atomic E-state index is 5.14. The number of hydrogen-bond acceptors (Lipinski definition) is 4. The van der Waals surface area contributed by atoms with E-state index in [9.17, 15) is 0 Å². The minimum absolute atomic E-state index is 0.858. The summed E-state index contributed by atoms with van der Waals surface area (Å²) in [6, 6.07) is 15.1. The van der Waals surface area contributed by atoms with Gasteiger partial charge in [-0.05, 0) is 49.9 Å². The molecule has 4 rings (SSSR count). The molecule has 0 N–H and O–H groups in total. The number of hydrogen-bond donors (Lipinski definition) is 0. The first-order valence-electron chi connectivity index (χ1n) is 11.0. The van der Waals surface area contributed by atoms with E-state index in [1.165, 1.54) is 39.2 Å². The summed E-state index contributed by atoms with van der Waals surface area (Å²) in [7, 11) is 2.16. The molecule has 2 aromatic carbocycles. The molecule has 0 radical (unpaired) electrons. The Morgan fingerprint density at radius 2 is 1.63 bits per heavy atom. The van der Waals surface area contributed by atoms with Crippen LogP contribution in [0.1, 0.15) is 41.3 Å². The van der Waals surface area contributed by atoms with Crippen LogP contribution in [-0.2, 0) is 13.0 Å². The highest BCUT2D eigenvalue weighted by Gasteiger charge is 2.26. The van der Waals surface area contributed by atoms with Crippen LogP contribution >= 0.6 is 0 Å². The van der Waals surface area contributed by atoms with Gasteiger partial charge in [0.1, 0.15) is 5.82 Å². The summed E-state index contributed by atoms with van der Waals surface area (Å²) in [5.74, 6) is 1.95. The monoisotopic (exact) mass is 400 g/mol. The number of nitrogens with zero attached hydrogens (tertiary/aromatic N) is 4. The molecule has 0 saturated carbocycles. The summed E-state index contributed by atoms with van der Waals surface area (Å²) in [6.45, 7) is 11.5. The summed E-state index contributed by atoms with van der Waals surface area (Å²) in [5.41, 5.74) is 8.74. The molecule has 1 aliphatic rings. The first kappa shape index (κ1) is 20.4. The van der Waals surface area contributed by atoms with Crippen molar-refractivity contribution >= 4 is 11.5 Å². The van der Waals surface area contributed by atoms with Crippen LogP contribution in [0.4, 0.5) is 11.5 Å². The quantitative estimate of drug-likeness (QED) is 0.568. The standard InChI is InChI=1S/C26H32N4/c1-6-15-29(5)26-21-17-30(23-13-8-7-10-18(23)2)16-14-22(21)27-25(28-26)24-19(3)11-9-12-20(24)4/h7-13H,6,14-17H2,1-5H3. The number of benzene rings is 2. The Bertz CT molecular complexity index is 1040. The van der Waals surface area contributed by atoms with Crippen LogP contribution in [0.25, 0.3) is 11.4 Å². The van der Waals surface area contributed by atoms with Crippen LogP contribution in [0.3, 0.4) is 0 Å². The Labute approximate surface area is 180 Å². The van der Waals surface area contributed by atoms with Crippen molar-refractivity contribution in [3.05, 3.63) is 70.4 Å². The molecule has 0 spiro atoms. The zero-order valence-electron chi connectivity index (χ0n) is 18.9. The molecule has 4 nitrogen and oxygen atoms in total. The topological polar surface area (TPSA) is 32.3 Å². The van der Waals surface area contributed by atoms with E-state index in [-0.39, 0.29) is 0 Å². The van der Waals surface area contributed by atoms with Crippen molar-refractivity contribution in [2.24, 2.45) is 0 Å². The molecule has 0 amide bonds. The van der Waals surface area contributed by atoms with Crippen molar-refractivity contribution in [2.75, 3.05) is 29.9 Å². The van der Waals surface area contributed by atoms with Gasteiger partial charge < -0.3 is 9.80 Å². The van der Waals surface area contributed by atoms with E-state index in [0.29, 0.717) is 0 Å². The Hall–Kier alpha value is -2.88. The van der Waals surface area contributed by atoms with Crippen molar-refractivity contribution in [3.63, 3.8) is 0 Å². The van der Waals surface area contributed by atoms with Crippen molar-refractivity contribution < 1.29 is 0 Å². The van der Waals surface area contributed by atoms with Gasteiger partial charge in [0.15, 0.2) is 5.82 Å². The first-order valence-corrected chi connectivity index (χ1v) is 11.0. The minimum Gasteiger partial charge on any atom is -0.366 e. The Morgan fingerprint density at radius 1 is 0.933 bits per heavy atom. The van der Waals surface area contributed by atoms with Gasteiger partial charge in [0, 0.05) is 49.9 Å². The smallest absolute Gasteiger partial charge is 0.162 e. The molecule has 0 unspecified atom stereocenters. The van der Waals surface area contributed by atoms with Gasteiger partial charge in [-0.3, -0.25) is 0 Å². The fourth-order valence-electron chi connectivity index (χ4n) is 4.56. The number of aromatic nitrogens is 2. The molecule has 0 saturated heterocycles. The highest BCUT2D eigenvalue weighted by Crippen LogP contribution is 2.34. The SMILES string of the molecule is CCCN(C)c1nc(-c2c(C)cccc2C)nc2c1CN(c1ccccc1C)CC2. The van der Waals surface area contributed by atoms with Gasteiger partial charge in [-0.15, -0.1) is 0 Å². The predicted molar refractivity (Wildman–Crippen MR) is 126 cm³/mol. The molecule has 0 aliphatic carbocycles. The van der Waals surface area contributed by atoms with Crippen molar-refractivity contribution in [1.29, 1.82) is 0 Å². The zero-order valence-corrected chi connectivity index (χ0v) is 18.9. The Morgan fingerprint density at radius 3 is 2.33 bits per heavy atom. The van der Waals surface area contributed by atoms with Crippen molar-refractivity contribution in [3.8, 4) is 11.4 Å². The summed E-state index contributed by atoms with van der Waals surface area (Å²) in [5, 5.41) is 0. The molecule has 0 fully saturated rings. The normalized spacial score (nSPS) is 13.3. The predicted octanol–water partition coefficient (Wildman–Crippen LogP) is 5.48. The summed E-state index contributed by atoms with van der Waals surface area (Å²) in [4.78, 5) is 15.0. The van der Waals surface area contributed by atoms with Crippen LogP contribution in [0.2, 0.25) is 0 Å². The van der Waals surface area contributed by atoms with E-state index >= 15 is 0 Å². The molecule has 3 aromatic rings. The van der Waals surface area contributed by atoms with E-state index in [2.05, 4.69) is 87.0 Å². The van der Waals surface area contributed by atoms with Gasteiger partial charge in [0.05, 0.1) is 5.69 Å². The molecule has 1 aromatic heterocycles. The highest BCUT2D eigenvalue weighted by atomic mass is 15.2. The van der Waals surface area contributed by atoms with E-state index in [1.54, 1.807) is 0 Å². The molecule has 0 atom stereocenters. The zero-order chi connectivity index (χ0) is 21.3. The summed E-state index contributed by atoms with van der Waals surface area (Å²) in [6.07, 6.45) is 2.03. The minimum atomic E-state index is 0.858. The van der Waals surface area contributed by atoms with E-state index < -0.39 is 0 Å². The van der Waals surface area contributed by atoms with Gasteiger partial charge in [0.25, 0.3) is 0 Å². The number of rotatable bonds is 5. The van der Waals surface area contributed by atoms with E-state index in [1.807, 2.05) is 0 Å². The van der Waals surface area contributed by atoms with Gasteiger partial charge in [-0.25, -0.2) is 9.97 Å². The van der Waals surface area contributed by atoms with Crippen LogP contribution in [0.15, 0.2) is 42.5 Å². The molecule has 0 bridgehead atoms. The van der Waals surface area contributed by atoms with Crippen molar-refractivity contribution in [2.45, 2.75) is 47.1 Å². The van der Waals surface area contributed by atoms with E-state index in [4.69, 9.17) is 9.97 Å². The first-order chi connectivity index (χ1) is 14.5. The van der Waals surface area contributed by atoms with Gasteiger partial charge in [-0.2, -0.15) is 0 Å². The lowest BCUT2D eigenvalue weighted by atomic mass is 10.00. The molecular formula is C26H32N4. The van der Waals surface area contributed by atoms with Gasteiger partial charge >= 0.3 is 0 Å². The summed E-state index contributed by atoms with van der Waals surface area (Å²) >= 11 is 0. The van der Waals surface area contributed by atoms with Gasteiger partial charge in [-0.1, -0.05) is 43.3 Å². The third-order valence-corrected chi connectivity index (χ3v) is 6.12. The Balaban J connectivity index is 1.82. The lowest BCUT2D eigenvalue weighted by molar-refractivity contribution is 0.696. The molecule has 30 heavy (non-hydrogen) atoms. The largest absolute Gasteiger partial charge is 0.366 e.